The van der Waals surface area contributed by atoms with Crippen LogP contribution in [0.25, 0.3) is 10.4 Å². The van der Waals surface area contributed by atoms with Crippen molar-refractivity contribution in [2.24, 2.45) is 11.8 Å². The first kappa shape index (κ1) is 15.6. The summed E-state index contributed by atoms with van der Waals surface area (Å²) in [6, 6.07) is 5.88. The van der Waals surface area contributed by atoms with Crippen molar-refractivity contribution in [2.75, 3.05) is 19.1 Å². The second-order valence-electron chi connectivity index (χ2n) is 5.12. The zero-order valence-electron chi connectivity index (χ0n) is 12.8. The Labute approximate surface area is 129 Å². The van der Waals surface area contributed by atoms with Crippen LogP contribution in [-0.4, -0.2) is 18.7 Å². The third-order valence-corrected chi connectivity index (χ3v) is 4.04. The van der Waals surface area contributed by atoms with E-state index >= 15 is 0 Å². The van der Waals surface area contributed by atoms with Crippen LogP contribution in [0.3, 0.4) is 0 Å². The minimum atomic E-state index is 0.455. The van der Waals surface area contributed by atoms with Gasteiger partial charge in [-0.3, -0.25) is 5.43 Å². The van der Waals surface area contributed by atoms with Gasteiger partial charge < -0.3 is 9.47 Å². The van der Waals surface area contributed by atoms with E-state index in [1.54, 1.807) is 7.11 Å². The highest BCUT2D eigenvalue weighted by Crippen LogP contribution is 2.42. The van der Waals surface area contributed by atoms with Crippen molar-refractivity contribution in [3.63, 3.8) is 0 Å². The summed E-state index contributed by atoms with van der Waals surface area (Å²) >= 11 is 1.49. The molecule has 1 aromatic carbocycles. The number of anilines is 1. The fourth-order valence-electron chi connectivity index (χ4n) is 1.98. The summed E-state index contributed by atoms with van der Waals surface area (Å²) in [7, 11) is 1.65. The number of methoxy groups -OCH3 is 1. The number of ether oxygens (including phenoxy) is 2. The maximum absolute atomic E-state index is 5.84. The maximum Gasteiger partial charge on any atom is 0.197 e. The van der Waals surface area contributed by atoms with Crippen molar-refractivity contribution in [3.05, 3.63) is 23.9 Å². The van der Waals surface area contributed by atoms with E-state index in [9.17, 15) is 0 Å². The molecular weight excluding hydrogens is 286 g/mol. The van der Waals surface area contributed by atoms with E-state index in [0.717, 1.165) is 27.6 Å². The van der Waals surface area contributed by atoms with Crippen LogP contribution in [0.4, 0.5) is 5.13 Å². The normalized spacial score (nSPS) is 10.8. The fourth-order valence-corrected chi connectivity index (χ4v) is 2.88. The number of benzene rings is 1. The summed E-state index contributed by atoms with van der Waals surface area (Å²) in [5.41, 5.74) is 4.46. The quantitative estimate of drug-likeness (QED) is 0.632. The molecule has 0 unspecified atom stereocenters. The monoisotopic (exact) mass is 307 g/mol. The van der Waals surface area contributed by atoms with Crippen LogP contribution >= 0.6 is 11.3 Å². The van der Waals surface area contributed by atoms with Crippen LogP contribution in [-0.2, 0) is 0 Å². The fraction of sp³-hybridized carbons (Fsp3) is 0.400. The topological polar surface area (TPSA) is 69.4 Å². The van der Waals surface area contributed by atoms with Crippen molar-refractivity contribution in [3.8, 4) is 21.9 Å². The van der Waals surface area contributed by atoms with Gasteiger partial charge in [0.1, 0.15) is 0 Å². The van der Waals surface area contributed by atoms with E-state index in [1.165, 1.54) is 11.3 Å². The Morgan fingerprint density at radius 2 is 2.14 bits per heavy atom. The second kappa shape index (κ2) is 6.78. The Morgan fingerprint density at radius 1 is 1.38 bits per heavy atom. The minimum Gasteiger partial charge on any atom is -0.492 e. The molecule has 5 nitrogen and oxygen atoms in total. The molecule has 0 atom stereocenters. The molecule has 0 amide bonds. The van der Waals surface area contributed by atoms with Crippen LogP contribution in [0, 0.1) is 12.8 Å². The second-order valence-corrected chi connectivity index (χ2v) is 6.12. The Bertz CT molecular complexity index is 611. The van der Waals surface area contributed by atoms with Gasteiger partial charge in [0.2, 0.25) is 0 Å². The van der Waals surface area contributed by atoms with Crippen molar-refractivity contribution in [2.45, 2.75) is 20.8 Å². The Morgan fingerprint density at radius 3 is 2.71 bits per heavy atom. The summed E-state index contributed by atoms with van der Waals surface area (Å²) in [5, 5.41) is 0.679. The van der Waals surface area contributed by atoms with Gasteiger partial charge in [0, 0.05) is 5.56 Å². The highest BCUT2D eigenvalue weighted by atomic mass is 32.1. The van der Waals surface area contributed by atoms with E-state index < -0.39 is 0 Å². The number of hydrazine groups is 1. The molecule has 114 valence electrons. The van der Waals surface area contributed by atoms with Gasteiger partial charge in [-0.2, -0.15) is 0 Å². The number of nitrogens with two attached hydrogens (primary N) is 1. The van der Waals surface area contributed by atoms with E-state index in [-0.39, 0.29) is 0 Å². The molecule has 0 saturated carbocycles. The lowest BCUT2D eigenvalue weighted by Gasteiger charge is -2.15. The van der Waals surface area contributed by atoms with Crippen LogP contribution in [0.1, 0.15) is 19.5 Å². The van der Waals surface area contributed by atoms with Crippen molar-refractivity contribution < 1.29 is 9.47 Å². The summed E-state index contributed by atoms with van der Waals surface area (Å²) < 4.78 is 11.4. The average molecular weight is 307 g/mol. The Balaban J connectivity index is 2.43. The lowest BCUT2D eigenvalue weighted by molar-refractivity contribution is 0.257. The Kier molecular flexibility index (Phi) is 5.03. The van der Waals surface area contributed by atoms with Crippen molar-refractivity contribution in [1.29, 1.82) is 0 Å². The highest BCUT2D eigenvalue weighted by molar-refractivity contribution is 7.19. The molecule has 0 aliphatic heterocycles. The van der Waals surface area contributed by atoms with Crippen LogP contribution in [0.5, 0.6) is 11.5 Å². The van der Waals surface area contributed by atoms with Gasteiger partial charge in [-0.25, -0.2) is 10.8 Å². The SMILES string of the molecule is COc1c(OCC(C)C)cccc1-c1sc(NN)nc1C. The van der Waals surface area contributed by atoms with Gasteiger partial charge in [-0.1, -0.05) is 31.3 Å². The molecule has 0 bridgehead atoms. The molecule has 0 aliphatic rings. The van der Waals surface area contributed by atoms with Gasteiger partial charge in [0.15, 0.2) is 16.6 Å². The number of rotatable bonds is 6. The first-order valence-electron chi connectivity index (χ1n) is 6.81. The van der Waals surface area contributed by atoms with Crippen LogP contribution in [0.15, 0.2) is 18.2 Å². The highest BCUT2D eigenvalue weighted by Gasteiger charge is 2.17. The number of hydrogen-bond acceptors (Lipinski definition) is 6. The number of thiazole rings is 1. The van der Waals surface area contributed by atoms with Gasteiger partial charge in [0.25, 0.3) is 0 Å². The summed E-state index contributed by atoms with van der Waals surface area (Å²) in [5.74, 6) is 7.37. The van der Waals surface area contributed by atoms with Gasteiger partial charge in [0.05, 0.1) is 24.3 Å². The summed E-state index contributed by atoms with van der Waals surface area (Å²) in [4.78, 5) is 5.39. The lowest BCUT2D eigenvalue weighted by Crippen LogP contribution is -2.05. The molecule has 6 heteroatoms. The van der Waals surface area contributed by atoms with E-state index in [4.69, 9.17) is 15.3 Å². The predicted octanol–water partition coefficient (Wildman–Crippen LogP) is 3.45. The predicted molar refractivity (Wildman–Crippen MR) is 87.0 cm³/mol. The lowest BCUT2D eigenvalue weighted by atomic mass is 10.1. The molecular formula is C15H21N3O2S. The minimum absolute atomic E-state index is 0.455. The smallest absolute Gasteiger partial charge is 0.197 e. The van der Waals surface area contributed by atoms with Crippen LogP contribution in [0.2, 0.25) is 0 Å². The third-order valence-electron chi connectivity index (χ3n) is 2.92. The summed E-state index contributed by atoms with van der Waals surface area (Å²) in [6.45, 7) is 6.83. The third kappa shape index (κ3) is 3.46. The zero-order chi connectivity index (χ0) is 15.4. The molecule has 0 radical (unpaired) electrons. The van der Waals surface area contributed by atoms with Gasteiger partial charge in [-0.15, -0.1) is 0 Å². The number of nitrogen functional groups attached to an aromatic ring is 1. The van der Waals surface area contributed by atoms with Crippen LogP contribution < -0.4 is 20.7 Å². The average Bonchev–Trinajstić information content (AvgIpc) is 2.85. The number of nitrogens with zero attached hydrogens (tertiary/aromatic N) is 1. The van der Waals surface area contributed by atoms with Crippen molar-refractivity contribution >= 4 is 16.5 Å². The molecule has 0 aliphatic carbocycles. The van der Waals surface area contributed by atoms with Gasteiger partial charge in [-0.05, 0) is 25.0 Å². The number of aryl methyl sites for hydroxylation is 1. The van der Waals surface area contributed by atoms with Crippen molar-refractivity contribution in [1.82, 2.24) is 4.98 Å². The number of nitrogens with one attached hydrogen (secondary N) is 1. The molecule has 1 heterocycles. The van der Waals surface area contributed by atoms with E-state index in [2.05, 4.69) is 24.3 Å². The molecule has 2 rings (SSSR count). The first-order valence-corrected chi connectivity index (χ1v) is 7.62. The number of para-hydroxylation sites is 1. The Hall–Kier alpha value is -1.79. The summed E-state index contributed by atoms with van der Waals surface area (Å²) in [6.07, 6.45) is 0. The molecule has 2 aromatic rings. The molecule has 0 fully saturated rings. The standard InChI is InChI=1S/C15H21N3O2S/c1-9(2)8-20-12-7-5-6-11(13(12)19-4)14-10(3)17-15(18-16)21-14/h5-7,9H,8,16H2,1-4H3,(H,17,18). The van der Waals surface area contributed by atoms with E-state index in [1.807, 2.05) is 25.1 Å². The number of aromatic nitrogens is 1. The molecule has 21 heavy (non-hydrogen) atoms. The maximum atomic E-state index is 5.84. The molecule has 0 spiro atoms. The largest absolute Gasteiger partial charge is 0.492 e. The molecule has 0 saturated heterocycles. The number of hydrogen-bond donors (Lipinski definition) is 2. The molecule has 3 N–H and O–H groups in total. The first-order chi connectivity index (χ1) is 10.1. The van der Waals surface area contributed by atoms with Gasteiger partial charge >= 0.3 is 0 Å². The van der Waals surface area contributed by atoms with E-state index in [0.29, 0.717) is 17.7 Å². The zero-order valence-corrected chi connectivity index (χ0v) is 13.6. The molecule has 1 aromatic heterocycles.